The van der Waals surface area contributed by atoms with Crippen molar-refractivity contribution in [1.82, 2.24) is 13.8 Å². The van der Waals surface area contributed by atoms with Crippen LogP contribution in [0.4, 0.5) is 0 Å². The summed E-state index contributed by atoms with van der Waals surface area (Å²) in [6.45, 7) is 6.14. The van der Waals surface area contributed by atoms with Crippen molar-refractivity contribution in [3.63, 3.8) is 0 Å². The summed E-state index contributed by atoms with van der Waals surface area (Å²) in [5.41, 5.74) is 2.69. The lowest BCUT2D eigenvalue weighted by Gasteiger charge is -2.33. The van der Waals surface area contributed by atoms with E-state index in [9.17, 15) is 18.5 Å². The summed E-state index contributed by atoms with van der Waals surface area (Å²) in [7, 11) is -3.76. The maximum atomic E-state index is 13.0. The average molecular weight is 467 g/mol. The van der Waals surface area contributed by atoms with Crippen LogP contribution in [0.1, 0.15) is 33.1 Å². The van der Waals surface area contributed by atoms with Crippen LogP contribution < -0.4 is 0 Å². The average Bonchev–Trinajstić information content (AvgIpc) is 3.43. The van der Waals surface area contributed by atoms with Gasteiger partial charge < -0.3 is 8.98 Å². The predicted molar refractivity (Wildman–Crippen MR) is 122 cm³/mol. The largest absolute Gasteiger partial charge is 0.467 e. The van der Waals surface area contributed by atoms with Crippen molar-refractivity contribution in [2.24, 2.45) is 0 Å². The van der Waals surface area contributed by atoms with Crippen LogP contribution in [0, 0.1) is 25.2 Å². The fraction of sp³-hybridized carbons (Fsp3) is 0.333. The molecule has 4 rings (SSSR count). The van der Waals surface area contributed by atoms with Crippen LogP contribution in [0.3, 0.4) is 0 Å². The van der Waals surface area contributed by atoms with Gasteiger partial charge in [-0.15, -0.1) is 0 Å². The number of carbonyl (C=O) groups is 1. The van der Waals surface area contributed by atoms with Gasteiger partial charge in [0, 0.05) is 43.1 Å². The molecule has 1 aliphatic heterocycles. The van der Waals surface area contributed by atoms with Gasteiger partial charge in [-0.05, 0) is 44.2 Å². The molecule has 0 spiro atoms. The van der Waals surface area contributed by atoms with Gasteiger partial charge in [0.15, 0.2) is 5.78 Å². The number of Topliss-reactive ketones (excluding diaryl/α,β-unsaturated/α-hetero) is 1. The first-order chi connectivity index (χ1) is 15.8. The summed E-state index contributed by atoms with van der Waals surface area (Å²) in [5.74, 6) is 0.839. The van der Waals surface area contributed by atoms with E-state index < -0.39 is 10.0 Å². The molecule has 0 radical (unpaired) electrons. The van der Waals surface area contributed by atoms with E-state index >= 15 is 0 Å². The highest BCUT2D eigenvalue weighted by molar-refractivity contribution is 7.89. The molecule has 1 fully saturated rings. The number of sulfonamides is 1. The van der Waals surface area contributed by atoms with Gasteiger partial charge in [-0.2, -0.15) is 9.57 Å². The van der Waals surface area contributed by atoms with Gasteiger partial charge in [0.25, 0.3) is 0 Å². The van der Waals surface area contributed by atoms with Crippen LogP contribution in [-0.2, 0) is 16.6 Å². The molecular formula is C24H26N4O4S. The zero-order valence-electron chi connectivity index (χ0n) is 18.7. The number of aromatic nitrogens is 1. The molecule has 3 heterocycles. The number of ketones is 1. The molecule has 1 aromatic carbocycles. The summed E-state index contributed by atoms with van der Waals surface area (Å²) < 4.78 is 34.9. The van der Waals surface area contributed by atoms with Gasteiger partial charge in [-0.1, -0.05) is 12.1 Å². The molecule has 0 bridgehead atoms. The number of carbonyl (C=O) groups excluding carboxylic acids is 1. The van der Waals surface area contributed by atoms with Crippen LogP contribution in [-0.4, -0.2) is 60.7 Å². The normalized spacial score (nSPS) is 15.4. The molecule has 1 aliphatic rings. The number of nitriles is 1. The molecule has 0 N–H and O–H groups in total. The highest BCUT2D eigenvalue weighted by atomic mass is 32.2. The topological polar surface area (TPSA) is 99.5 Å². The fourth-order valence-corrected chi connectivity index (χ4v) is 5.79. The summed E-state index contributed by atoms with van der Waals surface area (Å²) in [6.07, 6.45) is 1.63. The Morgan fingerprint density at radius 1 is 1.09 bits per heavy atom. The molecule has 0 unspecified atom stereocenters. The van der Waals surface area contributed by atoms with E-state index in [1.165, 1.54) is 16.4 Å². The number of hydrogen-bond acceptors (Lipinski definition) is 6. The monoisotopic (exact) mass is 466 g/mol. The second-order valence-electron chi connectivity index (χ2n) is 8.16. The minimum absolute atomic E-state index is 0.0138. The quantitative estimate of drug-likeness (QED) is 0.497. The van der Waals surface area contributed by atoms with Gasteiger partial charge in [-0.3, -0.25) is 9.69 Å². The number of benzene rings is 1. The minimum Gasteiger partial charge on any atom is -0.467 e. The smallest absolute Gasteiger partial charge is 0.244 e. The zero-order valence-corrected chi connectivity index (χ0v) is 19.5. The third-order valence-electron chi connectivity index (χ3n) is 6.09. The van der Waals surface area contributed by atoms with Crippen molar-refractivity contribution in [3.8, 4) is 6.07 Å². The van der Waals surface area contributed by atoms with Crippen molar-refractivity contribution in [2.45, 2.75) is 25.3 Å². The lowest BCUT2D eigenvalue weighted by atomic mass is 10.1. The molecule has 3 aromatic rings. The number of hydrogen-bond donors (Lipinski definition) is 0. The molecule has 2 aromatic heterocycles. The van der Waals surface area contributed by atoms with Gasteiger partial charge in [-0.25, -0.2) is 8.42 Å². The van der Waals surface area contributed by atoms with Gasteiger partial charge in [0.05, 0.1) is 29.8 Å². The Labute approximate surface area is 193 Å². The molecule has 8 nitrogen and oxygen atoms in total. The molecule has 33 heavy (non-hydrogen) atoms. The van der Waals surface area contributed by atoms with E-state index in [4.69, 9.17) is 4.42 Å². The van der Waals surface area contributed by atoms with Crippen molar-refractivity contribution in [2.75, 3.05) is 32.7 Å². The van der Waals surface area contributed by atoms with Gasteiger partial charge >= 0.3 is 0 Å². The lowest BCUT2D eigenvalue weighted by Crippen LogP contribution is -2.49. The number of aryl methyl sites for hydroxylation is 1. The van der Waals surface area contributed by atoms with Crippen LogP contribution in [0.2, 0.25) is 0 Å². The lowest BCUT2D eigenvalue weighted by molar-refractivity contribution is 0.0901. The Morgan fingerprint density at radius 3 is 2.48 bits per heavy atom. The first-order valence-corrected chi connectivity index (χ1v) is 12.2. The van der Waals surface area contributed by atoms with E-state index in [2.05, 4.69) is 4.57 Å². The molecule has 1 saturated heterocycles. The maximum absolute atomic E-state index is 13.0. The summed E-state index contributed by atoms with van der Waals surface area (Å²) in [5, 5.41) is 9.26. The Bertz CT molecular complexity index is 1290. The first-order valence-electron chi connectivity index (χ1n) is 10.7. The Kier molecular flexibility index (Phi) is 6.51. The van der Waals surface area contributed by atoms with E-state index in [1.807, 2.05) is 43.0 Å². The SMILES string of the molecule is Cc1cc(C(=O)CN2CCN(S(=O)(=O)c3ccccc3C#N)CC2)c(C)n1Cc1ccco1. The van der Waals surface area contributed by atoms with Crippen molar-refractivity contribution in [3.05, 3.63) is 77.0 Å². The highest BCUT2D eigenvalue weighted by Crippen LogP contribution is 2.22. The van der Waals surface area contributed by atoms with Gasteiger partial charge in [0.1, 0.15) is 11.8 Å². The third-order valence-corrected chi connectivity index (χ3v) is 8.05. The molecule has 0 atom stereocenters. The van der Waals surface area contributed by atoms with E-state index in [-0.39, 0.29) is 35.9 Å². The van der Waals surface area contributed by atoms with Crippen molar-refractivity contribution in [1.29, 1.82) is 5.26 Å². The summed E-state index contributed by atoms with van der Waals surface area (Å²) in [4.78, 5) is 15.0. The van der Waals surface area contributed by atoms with E-state index in [0.717, 1.165) is 17.1 Å². The maximum Gasteiger partial charge on any atom is 0.244 e. The molecule has 0 aliphatic carbocycles. The van der Waals surface area contributed by atoms with Crippen molar-refractivity contribution < 1.29 is 17.6 Å². The standard InChI is InChI=1S/C24H26N4O4S/c1-18-14-22(19(2)28(18)16-21-7-5-13-32-21)23(29)17-26-9-11-27(12-10-26)33(30,31)24-8-4-3-6-20(24)15-25/h3-8,13-14H,9-12,16-17H2,1-2H3. The Balaban J connectivity index is 1.40. The van der Waals surface area contributed by atoms with Crippen LogP contribution >= 0.6 is 0 Å². The Morgan fingerprint density at radius 2 is 1.82 bits per heavy atom. The molecule has 172 valence electrons. The molecule has 0 amide bonds. The fourth-order valence-electron chi connectivity index (χ4n) is 4.22. The molecule has 0 saturated carbocycles. The first kappa shape index (κ1) is 23.0. The van der Waals surface area contributed by atoms with Crippen LogP contribution in [0.5, 0.6) is 0 Å². The summed E-state index contributed by atoms with van der Waals surface area (Å²) in [6, 6.07) is 13.8. The summed E-state index contributed by atoms with van der Waals surface area (Å²) >= 11 is 0. The molecule has 9 heteroatoms. The Hall–Kier alpha value is -3.19. The van der Waals surface area contributed by atoms with Gasteiger partial charge in [0.2, 0.25) is 10.0 Å². The van der Waals surface area contributed by atoms with Crippen molar-refractivity contribution >= 4 is 15.8 Å². The zero-order chi connectivity index (χ0) is 23.6. The number of rotatable bonds is 7. The third kappa shape index (κ3) is 4.64. The van der Waals surface area contributed by atoms with Crippen LogP contribution in [0.15, 0.2) is 58.0 Å². The highest BCUT2D eigenvalue weighted by Gasteiger charge is 2.31. The second kappa shape index (κ2) is 9.35. The second-order valence-corrected chi connectivity index (χ2v) is 10.1. The van der Waals surface area contributed by atoms with Crippen LogP contribution in [0.25, 0.3) is 0 Å². The number of furan rings is 1. The van der Waals surface area contributed by atoms with E-state index in [1.54, 1.807) is 18.4 Å². The number of nitrogens with zero attached hydrogens (tertiary/aromatic N) is 4. The number of piperazine rings is 1. The van der Waals surface area contributed by atoms with E-state index in [0.29, 0.717) is 25.2 Å². The minimum atomic E-state index is -3.76. The molecular weight excluding hydrogens is 440 g/mol. The predicted octanol–water partition coefficient (Wildman–Crippen LogP) is 2.81.